The van der Waals surface area contributed by atoms with Gasteiger partial charge in [-0.3, -0.25) is 0 Å². The van der Waals surface area contributed by atoms with Crippen LogP contribution < -0.4 is 10.1 Å². The summed E-state index contributed by atoms with van der Waals surface area (Å²) < 4.78 is 40.8. The average Bonchev–Trinajstić information content (AvgIpc) is 2.30. The van der Waals surface area contributed by atoms with Crippen molar-refractivity contribution in [2.24, 2.45) is 0 Å². The van der Waals surface area contributed by atoms with Gasteiger partial charge in [0.1, 0.15) is 5.75 Å². The van der Waals surface area contributed by atoms with E-state index >= 15 is 0 Å². The Morgan fingerprint density at radius 2 is 1.89 bits per heavy atom. The predicted octanol–water partition coefficient (Wildman–Crippen LogP) is 3.43. The Morgan fingerprint density at radius 1 is 1.22 bits per heavy atom. The molecule has 6 heteroatoms. The van der Waals surface area contributed by atoms with Gasteiger partial charge in [-0.05, 0) is 36.4 Å². The Balaban J connectivity index is 2.19. The highest BCUT2D eigenvalue weighted by Gasteiger charge is 2.27. The van der Waals surface area contributed by atoms with Gasteiger partial charge in [0, 0.05) is 18.8 Å². The standard InChI is InChI=1S/C12H16F3NOS/c1-2-17-11-5-3-10(4-6-11)9-16-7-8-18-12(13,14)15/h3-6,16H,2,7-9H2,1H3. The molecule has 0 aliphatic heterocycles. The van der Waals surface area contributed by atoms with Gasteiger partial charge in [0.05, 0.1) is 6.61 Å². The Morgan fingerprint density at radius 3 is 2.44 bits per heavy atom. The number of hydrogen-bond donors (Lipinski definition) is 1. The molecular formula is C12H16F3NOS. The van der Waals surface area contributed by atoms with Gasteiger partial charge in [-0.2, -0.15) is 13.2 Å². The van der Waals surface area contributed by atoms with Crippen molar-refractivity contribution in [1.82, 2.24) is 5.32 Å². The third kappa shape index (κ3) is 6.76. The molecule has 0 heterocycles. The van der Waals surface area contributed by atoms with Crippen molar-refractivity contribution in [1.29, 1.82) is 0 Å². The van der Waals surface area contributed by atoms with Crippen LogP contribution in [0.2, 0.25) is 0 Å². The van der Waals surface area contributed by atoms with Crippen LogP contribution in [-0.2, 0) is 6.54 Å². The molecule has 0 aliphatic rings. The molecule has 0 atom stereocenters. The highest BCUT2D eigenvalue weighted by Crippen LogP contribution is 2.29. The number of benzene rings is 1. The van der Waals surface area contributed by atoms with Crippen LogP contribution in [0.1, 0.15) is 12.5 Å². The van der Waals surface area contributed by atoms with E-state index in [1.807, 2.05) is 31.2 Å². The molecule has 0 bridgehead atoms. The van der Waals surface area contributed by atoms with Gasteiger partial charge in [-0.25, -0.2) is 0 Å². The van der Waals surface area contributed by atoms with Crippen LogP contribution in [0.3, 0.4) is 0 Å². The average molecular weight is 279 g/mol. The molecule has 0 unspecified atom stereocenters. The number of rotatable bonds is 7. The quantitative estimate of drug-likeness (QED) is 0.773. The number of hydrogen-bond acceptors (Lipinski definition) is 3. The van der Waals surface area contributed by atoms with Crippen molar-refractivity contribution in [3.63, 3.8) is 0 Å². The first-order valence-electron chi connectivity index (χ1n) is 5.64. The lowest BCUT2D eigenvalue weighted by Gasteiger charge is -2.08. The van der Waals surface area contributed by atoms with Crippen LogP contribution in [0.25, 0.3) is 0 Å². The molecule has 0 saturated heterocycles. The SMILES string of the molecule is CCOc1ccc(CNCCSC(F)(F)F)cc1. The van der Waals surface area contributed by atoms with Crippen LogP contribution in [0.4, 0.5) is 13.2 Å². The zero-order valence-electron chi connectivity index (χ0n) is 10.1. The number of halogens is 3. The summed E-state index contributed by atoms with van der Waals surface area (Å²) >= 11 is -0.00474. The van der Waals surface area contributed by atoms with Crippen molar-refractivity contribution < 1.29 is 17.9 Å². The summed E-state index contributed by atoms with van der Waals surface area (Å²) in [5, 5.41) is 2.96. The Bertz CT molecular complexity index is 340. The van der Waals surface area contributed by atoms with E-state index in [0.717, 1.165) is 11.3 Å². The fourth-order valence-electron chi connectivity index (χ4n) is 1.34. The summed E-state index contributed by atoms with van der Waals surface area (Å²) in [4.78, 5) is 0. The van der Waals surface area contributed by atoms with Crippen molar-refractivity contribution >= 4 is 11.8 Å². The first-order valence-corrected chi connectivity index (χ1v) is 6.63. The Hall–Kier alpha value is -0.880. The zero-order valence-corrected chi connectivity index (χ0v) is 10.9. The molecule has 0 amide bonds. The van der Waals surface area contributed by atoms with E-state index in [9.17, 15) is 13.2 Å². The van der Waals surface area contributed by atoms with Crippen molar-refractivity contribution in [3.05, 3.63) is 29.8 Å². The van der Waals surface area contributed by atoms with Crippen LogP contribution in [-0.4, -0.2) is 24.4 Å². The summed E-state index contributed by atoms with van der Waals surface area (Å²) in [6.45, 7) is 3.42. The molecular weight excluding hydrogens is 263 g/mol. The molecule has 0 aromatic heterocycles. The maximum absolute atomic E-state index is 11.8. The minimum atomic E-state index is -4.14. The number of nitrogens with one attached hydrogen (secondary N) is 1. The summed E-state index contributed by atoms with van der Waals surface area (Å²) in [5.74, 6) is 0.828. The molecule has 0 radical (unpaired) electrons. The molecule has 102 valence electrons. The van der Waals surface area contributed by atoms with Gasteiger partial charge in [0.2, 0.25) is 0 Å². The van der Waals surface area contributed by atoms with Gasteiger partial charge >= 0.3 is 5.51 Å². The third-order valence-electron chi connectivity index (χ3n) is 2.11. The molecule has 0 fully saturated rings. The molecule has 2 nitrogen and oxygen atoms in total. The third-order valence-corrected chi connectivity index (χ3v) is 2.84. The molecule has 0 saturated carbocycles. The fourth-order valence-corrected chi connectivity index (χ4v) is 1.82. The number of alkyl halides is 3. The number of ether oxygens (including phenoxy) is 1. The Labute approximate surface area is 109 Å². The van der Waals surface area contributed by atoms with E-state index in [1.165, 1.54) is 0 Å². The van der Waals surface area contributed by atoms with Crippen LogP contribution in [0.15, 0.2) is 24.3 Å². The highest BCUT2D eigenvalue weighted by atomic mass is 32.2. The first-order chi connectivity index (χ1) is 8.51. The van der Waals surface area contributed by atoms with Crippen LogP contribution >= 0.6 is 11.8 Å². The van der Waals surface area contributed by atoms with Crippen molar-refractivity contribution in [2.75, 3.05) is 18.9 Å². The molecule has 0 aliphatic carbocycles. The minimum absolute atomic E-state index is 0.00474. The second kappa shape index (κ2) is 7.53. The van der Waals surface area contributed by atoms with Gasteiger partial charge in [0.15, 0.2) is 0 Å². The topological polar surface area (TPSA) is 21.3 Å². The minimum Gasteiger partial charge on any atom is -0.494 e. The molecule has 1 aromatic carbocycles. The van der Waals surface area contributed by atoms with Gasteiger partial charge < -0.3 is 10.1 Å². The van der Waals surface area contributed by atoms with E-state index < -0.39 is 5.51 Å². The smallest absolute Gasteiger partial charge is 0.441 e. The highest BCUT2D eigenvalue weighted by molar-refractivity contribution is 8.00. The number of thioether (sulfide) groups is 1. The summed E-state index contributed by atoms with van der Waals surface area (Å²) in [7, 11) is 0. The molecule has 1 N–H and O–H groups in total. The second-order valence-electron chi connectivity index (χ2n) is 3.55. The normalized spacial score (nSPS) is 11.6. The monoisotopic (exact) mass is 279 g/mol. The van der Waals surface area contributed by atoms with Crippen molar-refractivity contribution in [3.8, 4) is 5.75 Å². The van der Waals surface area contributed by atoms with E-state index in [-0.39, 0.29) is 17.5 Å². The van der Waals surface area contributed by atoms with Gasteiger partial charge in [0.25, 0.3) is 0 Å². The maximum atomic E-state index is 11.8. The second-order valence-corrected chi connectivity index (χ2v) is 4.71. The molecule has 1 aromatic rings. The lowest BCUT2D eigenvalue weighted by atomic mass is 10.2. The van der Waals surface area contributed by atoms with E-state index in [2.05, 4.69) is 5.32 Å². The lowest BCUT2D eigenvalue weighted by Crippen LogP contribution is -2.18. The van der Waals surface area contributed by atoms with Crippen LogP contribution in [0, 0.1) is 0 Å². The van der Waals surface area contributed by atoms with E-state index in [4.69, 9.17) is 4.74 Å². The van der Waals surface area contributed by atoms with E-state index in [1.54, 1.807) is 0 Å². The van der Waals surface area contributed by atoms with Gasteiger partial charge in [-0.15, -0.1) is 0 Å². The fraction of sp³-hybridized carbons (Fsp3) is 0.500. The first kappa shape index (κ1) is 15.2. The lowest BCUT2D eigenvalue weighted by molar-refractivity contribution is -0.0327. The maximum Gasteiger partial charge on any atom is 0.441 e. The molecule has 1 rings (SSSR count). The summed E-state index contributed by atoms with van der Waals surface area (Å²) in [6, 6.07) is 7.50. The zero-order chi connectivity index (χ0) is 13.4. The van der Waals surface area contributed by atoms with Crippen molar-refractivity contribution in [2.45, 2.75) is 19.0 Å². The molecule has 18 heavy (non-hydrogen) atoms. The molecule has 0 spiro atoms. The van der Waals surface area contributed by atoms with Gasteiger partial charge in [-0.1, -0.05) is 12.1 Å². The Kier molecular flexibility index (Phi) is 6.35. The largest absolute Gasteiger partial charge is 0.494 e. The summed E-state index contributed by atoms with van der Waals surface area (Å²) in [6.07, 6.45) is 0. The summed E-state index contributed by atoms with van der Waals surface area (Å²) in [5.41, 5.74) is -3.11. The van der Waals surface area contributed by atoms with Crippen LogP contribution in [0.5, 0.6) is 5.75 Å². The van der Waals surface area contributed by atoms with E-state index in [0.29, 0.717) is 19.7 Å². The predicted molar refractivity (Wildman–Crippen MR) is 67.8 cm³/mol.